The second-order valence-corrected chi connectivity index (χ2v) is 9.50. The summed E-state index contributed by atoms with van der Waals surface area (Å²) in [5.41, 5.74) is 2.22. The van der Waals surface area contributed by atoms with Gasteiger partial charge in [0.1, 0.15) is 0 Å². The van der Waals surface area contributed by atoms with E-state index in [1.807, 2.05) is 49.4 Å². The number of anilines is 4. The van der Waals surface area contributed by atoms with Crippen molar-refractivity contribution in [3.63, 3.8) is 0 Å². The second-order valence-electron chi connectivity index (χ2n) is 6.02. The summed E-state index contributed by atoms with van der Waals surface area (Å²) in [5, 5.41) is 17.3. The average molecular weight is 492 g/mol. The van der Waals surface area contributed by atoms with Crippen LogP contribution in [-0.4, -0.2) is 27.3 Å². The fourth-order valence-corrected chi connectivity index (χ4v) is 4.47. The Morgan fingerprint density at radius 2 is 1.76 bits per heavy atom. The topological polar surface area (TPSA) is 96.0 Å². The van der Waals surface area contributed by atoms with Gasteiger partial charge < -0.3 is 16.0 Å². The van der Waals surface area contributed by atoms with Crippen LogP contribution in [0.25, 0.3) is 0 Å². The molecule has 1 atom stereocenters. The average Bonchev–Trinajstić information content (AvgIpc) is 3.10. The number of hydrogen-bond donors (Lipinski definition) is 3. The van der Waals surface area contributed by atoms with Crippen LogP contribution in [0.2, 0.25) is 0 Å². The lowest BCUT2D eigenvalue weighted by molar-refractivity contribution is -0.115. The van der Waals surface area contributed by atoms with E-state index >= 15 is 0 Å². The van der Waals surface area contributed by atoms with Crippen LogP contribution in [0.5, 0.6) is 0 Å². The largest absolute Gasteiger partial charge is 0.330 e. The maximum atomic E-state index is 12.4. The highest BCUT2D eigenvalue weighted by Gasteiger charge is 2.17. The summed E-state index contributed by atoms with van der Waals surface area (Å²) >= 11 is 6.07. The van der Waals surface area contributed by atoms with Crippen molar-refractivity contribution >= 4 is 73.0 Å². The number of nitrogens with one attached hydrogen (secondary N) is 3. The molecule has 0 bridgehead atoms. The Bertz CT molecular complexity index is 1010. The fraction of sp³-hybridized carbons (Fsp3) is 0.158. The zero-order valence-corrected chi connectivity index (χ0v) is 18.8. The maximum Gasteiger partial charge on any atom is 0.237 e. The monoisotopic (exact) mass is 491 g/mol. The SMILES string of the molecule is CC(=O)Nc1cccc(Nc2nnc(SC(C)C(=O)Nc3ccc(Br)cc3)s2)c1. The highest BCUT2D eigenvalue weighted by Crippen LogP contribution is 2.31. The minimum Gasteiger partial charge on any atom is -0.330 e. The van der Waals surface area contributed by atoms with Crippen molar-refractivity contribution in [1.29, 1.82) is 0 Å². The summed E-state index contributed by atoms with van der Waals surface area (Å²) in [7, 11) is 0. The number of benzene rings is 2. The Balaban J connectivity index is 1.57. The minimum absolute atomic E-state index is 0.106. The molecule has 150 valence electrons. The van der Waals surface area contributed by atoms with Gasteiger partial charge in [-0.3, -0.25) is 9.59 Å². The Hall–Kier alpha value is -2.43. The number of carbonyl (C=O) groups excluding carboxylic acids is 2. The first kappa shape index (κ1) is 21.3. The first-order valence-corrected chi connectivity index (χ1v) is 11.1. The predicted molar refractivity (Wildman–Crippen MR) is 122 cm³/mol. The summed E-state index contributed by atoms with van der Waals surface area (Å²) in [4.78, 5) is 23.6. The van der Waals surface area contributed by atoms with Gasteiger partial charge in [0, 0.05) is 28.5 Å². The van der Waals surface area contributed by atoms with Gasteiger partial charge >= 0.3 is 0 Å². The molecule has 0 aliphatic heterocycles. The van der Waals surface area contributed by atoms with Crippen molar-refractivity contribution in [3.05, 3.63) is 53.0 Å². The normalized spacial score (nSPS) is 11.6. The van der Waals surface area contributed by atoms with Gasteiger partial charge in [0.15, 0.2) is 4.34 Å². The van der Waals surface area contributed by atoms with Crippen LogP contribution in [0, 0.1) is 0 Å². The lowest BCUT2D eigenvalue weighted by atomic mass is 10.3. The lowest BCUT2D eigenvalue weighted by Gasteiger charge is -2.10. The van der Waals surface area contributed by atoms with Gasteiger partial charge in [0.2, 0.25) is 16.9 Å². The third kappa shape index (κ3) is 6.55. The Kier molecular flexibility index (Phi) is 7.24. The van der Waals surface area contributed by atoms with Crippen LogP contribution in [0.3, 0.4) is 0 Å². The molecular formula is C19H18BrN5O2S2. The molecule has 2 aromatic carbocycles. The van der Waals surface area contributed by atoms with Crippen LogP contribution >= 0.6 is 39.0 Å². The van der Waals surface area contributed by atoms with Crippen LogP contribution < -0.4 is 16.0 Å². The van der Waals surface area contributed by atoms with E-state index in [4.69, 9.17) is 0 Å². The number of aromatic nitrogens is 2. The minimum atomic E-state index is -0.331. The number of carbonyl (C=O) groups is 2. The van der Waals surface area contributed by atoms with Gasteiger partial charge in [-0.05, 0) is 49.4 Å². The van der Waals surface area contributed by atoms with Crippen molar-refractivity contribution in [2.45, 2.75) is 23.4 Å². The van der Waals surface area contributed by atoms with Gasteiger partial charge in [0.25, 0.3) is 0 Å². The molecule has 10 heteroatoms. The molecule has 1 aromatic heterocycles. The highest BCUT2D eigenvalue weighted by atomic mass is 79.9. The first-order chi connectivity index (χ1) is 13.9. The summed E-state index contributed by atoms with van der Waals surface area (Å²) in [6, 6.07) is 14.7. The van der Waals surface area contributed by atoms with Gasteiger partial charge in [-0.15, -0.1) is 10.2 Å². The molecule has 0 saturated heterocycles. The van der Waals surface area contributed by atoms with Crippen molar-refractivity contribution < 1.29 is 9.59 Å². The van der Waals surface area contributed by atoms with Crippen LogP contribution in [0.15, 0.2) is 57.3 Å². The molecule has 0 spiro atoms. The third-order valence-corrected chi connectivity index (χ3v) is 6.15. The zero-order chi connectivity index (χ0) is 20.8. The number of halogens is 1. The van der Waals surface area contributed by atoms with Crippen LogP contribution in [-0.2, 0) is 9.59 Å². The Labute approximate surface area is 184 Å². The molecule has 0 radical (unpaired) electrons. The lowest BCUT2D eigenvalue weighted by Crippen LogP contribution is -2.22. The van der Waals surface area contributed by atoms with Gasteiger partial charge in [0.05, 0.1) is 5.25 Å². The molecule has 7 nitrogen and oxygen atoms in total. The van der Waals surface area contributed by atoms with E-state index < -0.39 is 0 Å². The van der Waals surface area contributed by atoms with E-state index in [-0.39, 0.29) is 17.1 Å². The predicted octanol–water partition coefficient (Wildman–Crippen LogP) is 5.12. The summed E-state index contributed by atoms with van der Waals surface area (Å²) in [6.45, 7) is 3.28. The van der Waals surface area contributed by atoms with Crippen molar-refractivity contribution in [1.82, 2.24) is 10.2 Å². The molecule has 3 aromatic rings. The molecule has 1 unspecified atom stereocenters. The Morgan fingerprint density at radius 3 is 2.48 bits per heavy atom. The van der Waals surface area contributed by atoms with E-state index in [1.54, 1.807) is 6.07 Å². The van der Waals surface area contributed by atoms with Gasteiger partial charge in [-0.1, -0.05) is 45.1 Å². The number of thioether (sulfide) groups is 1. The number of nitrogens with zero attached hydrogens (tertiary/aromatic N) is 2. The van der Waals surface area contributed by atoms with Crippen molar-refractivity contribution in [3.8, 4) is 0 Å². The number of amides is 2. The number of rotatable bonds is 7. The summed E-state index contributed by atoms with van der Waals surface area (Å²) < 4.78 is 1.64. The van der Waals surface area contributed by atoms with Crippen molar-refractivity contribution in [2.24, 2.45) is 0 Å². The molecular weight excluding hydrogens is 474 g/mol. The molecule has 29 heavy (non-hydrogen) atoms. The molecule has 2 amide bonds. The van der Waals surface area contributed by atoms with E-state index in [1.165, 1.54) is 30.0 Å². The fourth-order valence-electron chi connectivity index (χ4n) is 2.29. The third-order valence-electron chi connectivity index (χ3n) is 3.60. The van der Waals surface area contributed by atoms with Crippen molar-refractivity contribution in [2.75, 3.05) is 16.0 Å². The quantitative estimate of drug-likeness (QED) is 0.396. The number of hydrogen-bond acceptors (Lipinski definition) is 7. The molecule has 0 aliphatic rings. The van der Waals surface area contributed by atoms with E-state index in [0.717, 1.165) is 15.8 Å². The maximum absolute atomic E-state index is 12.4. The molecule has 3 N–H and O–H groups in total. The Morgan fingerprint density at radius 1 is 1.03 bits per heavy atom. The highest BCUT2D eigenvalue weighted by molar-refractivity contribution is 9.10. The molecule has 0 aliphatic carbocycles. The van der Waals surface area contributed by atoms with E-state index in [9.17, 15) is 9.59 Å². The standard InChI is InChI=1S/C19H18BrN5O2S2/c1-11(17(27)22-14-8-6-13(20)7-9-14)28-19-25-24-18(29-19)23-16-5-3-4-15(10-16)21-12(2)26/h3-11H,1-2H3,(H,21,26)(H,22,27)(H,23,24). The molecule has 0 saturated carbocycles. The molecule has 3 rings (SSSR count). The van der Waals surface area contributed by atoms with Gasteiger partial charge in [-0.2, -0.15) is 0 Å². The summed E-state index contributed by atoms with van der Waals surface area (Å²) in [5.74, 6) is -0.239. The van der Waals surface area contributed by atoms with E-state index in [0.29, 0.717) is 15.2 Å². The second kappa shape index (κ2) is 9.86. The summed E-state index contributed by atoms with van der Waals surface area (Å²) in [6.07, 6.45) is 0. The van der Waals surface area contributed by atoms with Crippen LogP contribution in [0.4, 0.5) is 22.2 Å². The molecule has 0 fully saturated rings. The van der Waals surface area contributed by atoms with Crippen LogP contribution in [0.1, 0.15) is 13.8 Å². The first-order valence-electron chi connectivity index (χ1n) is 8.60. The smallest absolute Gasteiger partial charge is 0.237 e. The van der Waals surface area contributed by atoms with E-state index in [2.05, 4.69) is 42.1 Å². The van der Waals surface area contributed by atoms with Gasteiger partial charge in [-0.25, -0.2) is 0 Å². The molecule has 1 heterocycles. The zero-order valence-electron chi connectivity index (χ0n) is 15.6.